The molecule has 0 saturated heterocycles. The van der Waals surface area contributed by atoms with E-state index in [4.69, 9.17) is 20.3 Å². The van der Waals surface area contributed by atoms with Crippen LogP contribution in [0.3, 0.4) is 0 Å². The maximum atomic E-state index is 11.4. The third-order valence-electron chi connectivity index (χ3n) is 2.44. The van der Waals surface area contributed by atoms with Crippen molar-refractivity contribution < 1.29 is 29.0 Å². The highest BCUT2D eigenvalue weighted by Gasteiger charge is 2.21. The third-order valence-corrected chi connectivity index (χ3v) is 2.44. The van der Waals surface area contributed by atoms with Crippen LogP contribution in [0.1, 0.15) is 19.3 Å². The monoisotopic (exact) mass is 305 g/mol. The van der Waals surface area contributed by atoms with Crippen LogP contribution >= 0.6 is 0 Å². The number of hydrogen-bond acceptors (Lipinski definition) is 5. The maximum absolute atomic E-state index is 11.4. The van der Waals surface area contributed by atoms with Crippen LogP contribution in [-0.4, -0.2) is 62.5 Å². The minimum Gasteiger partial charge on any atom is -0.480 e. The van der Waals surface area contributed by atoms with Crippen molar-refractivity contribution >= 4 is 17.9 Å². The molecule has 0 saturated carbocycles. The van der Waals surface area contributed by atoms with Crippen LogP contribution in [0, 0.1) is 0 Å². The summed E-state index contributed by atoms with van der Waals surface area (Å²) in [5.41, 5.74) is 4.90. The summed E-state index contributed by atoms with van der Waals surface area (Å²) >= 11 is 0. The number of urea groups is 1. The van der Waals surface area contributed by atoms with Crippen molar-refractivity contribution in [3.63, 3.8) is 0 Å². The fraction of sp³-hybridized carbons (Fsp3) is 0.750. The zero-order valence-corrected chi connectivity index (χ0v) is 12.1. The molecule has 0 unspecified atom stereocenters. The zero-order chi connectivity index (χ0) is 16.1. The molecule has 5 N–H and O–H groups in total. The van der Waals surface area contributed by atoms with Crippen LogP contribution in [0.5, 0.6) is 0 Å². The first-order valence-electron chi connectivity index (χ1n) is 6.59. The Labute approximate surface area is 123 Å². The molecule has 0 aliphatic heterocycles. The van der Waals surface area contributed by atoms with Crippen LogP contribution in [0.15, 0.2) is 0 Å². The molecule has 9 nitrogen and oxygen atoms in total. The van der Waals surface area contributed by atoms with E-state index >= 15 is 0 Å². The Morgan fingerprint density at radius 2 is 1.90 bits per heavy atom. The fourth-order valence-electron chi connectivity index (χ4n) is 1.39. The summed E-state index contributed by atoms with van der Waals surface area (Å²) in [6.45, 7) is 2.00. The van der Waals surface area contributed by atoms with Crippen molar-refractivity contribution in [2.45, 2.75) is 25.3 Å². The maximum Gasteiger partial charge on any atom is 0.326 e. The van der Waals surface area contributed by atoms with Gasteiger partial charge in [0.1, 0.15) is 6.04 Å². The number of hydrogen-bond donors (Lipinski definition) is 4. The number of carbonyl (C=O) groups excluding carboxylic acids is 2. The van der Waals surface area contributed by atoms with Crippen molar-refractivity contribution in [1.29, 1.82) is 0 Å². The normalized spacial score (nSPS) is 11.7. The summed E-state index contributed by atoms with van der Waals surface area (Å²) in [6.07, 6.45) is 0.998. The van der Waals surface area contributed by atoms with Crippen molar-refractivity contribution in [3.05, 3.63) is 0 Å². The topological polar surface area (TPSA) is 140 Å². The first-order valence-corrected chi connectivity index (χ1v) is 6.59. The Hall–Kier alpha value is -1.87. The number of rotatable bonds is 12. The molecule has 0 aromatic carbocycles. The van der Waals surface area contributed by atoms with Gasteiger partial charge in [-0.2, -0.15) is 0 Å². The van der Waals surface area contributed by atoms with Gasteiger partial charge in [-0.05, 0) is 12.8 Å². The number of methoxy groups -OCH3 is 1. The van der Waals surface area contributed by atoms with Gasteiger partial charge in [-0.1, -0.05) is 0 Å². The minimum absolute atomic E-state index is 0.377. The molecular formula is C12H23N3O6. The summed E-state index contributed by atoms with van der Waals surface area (Å²) in [6, 6.07) is -1.97. The van der Waals surface area contributed by atoms with E-state index in [1.807, 2.05) is 0 Å². The summed E-state index contributed by atoms with van der Waals surface area (Å²) in [7, 11) is 1.59. The van der Waals surface area contributed by atoms with Crippen LogP contribution in [0.2, 0.25) is 0 Å². The molecule has 0 aliphatic carbocycles. The average molecular weight is 305 g/mol. The predicted molar refractivity (Wildman–Crippen MR) is 73.7 cm³/mol. The van der Waals surface area contributed by atoms with Gasteiger partial charge in [0.05, 0.1) is 19.6 Å². The molecule has 0 rings (SSSR count). The van der Waals surface area contributed by atoms with Gasteiger partial charge in [0.25, 0.3) is 0 Å². The lowest BCUT2D eigenvalue weighted by Crippen LogP contribution is -2.47. The van der Waals surface area contributed by atoms with Crippen LogP contribution in [-0.2, 0) is 19.1 Å². The van der Waals surface area contributed by atoms with E-state index in [1.54, 1.807) is 7.11 Å². The number of nitrogens with one attached hydrogen (secondary N) is 2. The Bertz CT molecular complexity index is 337. The van der Waals surface area contributed by atoms with Crippen LogP contribution in [0.4, 0.5) is 4.79 Å². The average Bonchev–Trinajstić information content (AvgIpc) is 2.40. The Balaban J connectivity index is 3.69. The molecule has 1 atom stereocenters. The van der Waals surface area contributed by atoms with Gasteiger partial charge in [-0.25, -0.2) is 9.59 Å². The number of nitrogens with two attached hydrogens (primary N) is 1. The quantitative estimate of drug-likeness (QED) is 0.343. The van der Waals surface area contributed by atoms with E-state index in [0.29, 0.717) is 32.8 Å². The van der Waals surface area contributed by atoms with Crippen LogP contribution < -0.4 is 16.4 Å². The molecule has 0 fully saturated rings. The minimum atomic E-state index is -1.32. The SMILES string of the molecule is COCCOCCCCNC(=O)N[C@H](CC(N)=O)C(=O)O. The number of aliphatic carboxylic acids is 1. The summed E-state index contributed by atoms with van der Waals surface area (Å²) in [5.74, 6) is -2.11. The molecule has 0 bridgehead atoms. The molecule has 122 valence electrons. The summed E-state index contributed by atoms with van der Waals surface area (Å²) in [4.78, 5) is 32.9. The lowest BCUT2D eigenvalue weighted by molar-refractivity contribution is -0.140. The molecule has 0 aromatic heterocycles. The van der Waals surface area contributed by atoms with E-state index in [2.05, 4.69) is 10.6 Å². The zero-order valence-electron chi connectivity index (χ0n) is 12.1. The van der Waals surface area contributed by atoms with E-state index in [9.17, 15) is 14.4 Å². The Morgan fingerprint density at radius 1 is 1.19 bits per heavy atom. The van der Waals surface area contributed by atoms with Gasteiger partial charge in [-0.15, -0.1) is 0 Å². The number of carboxylic acids is 1. The number of ether oxygens (including phenoxy) is 2. The number of amides is 3. The fourth-order valence-corrected chi connectivity index (χ4v) is 1.39. The highest BCUT2D eigenvalue weighted by atomic mass is 16.5. The number of primary amides is 1. The summed E-state index contributed by atoms with van der Waals surface area (Å²) in [5, 5.41) is 13.5. The lowest BCUT2D eigenvalue weighted by Gasteiger charge is -2.13. The second-order valence-corrected chi connectivity index (χ2v) is 4.27. The van der Waals surface area contributed by atoms with Gasteiger partial charge in [0.2, 0.25) is 5.91 Å². The summed E-state index contributed by atoms with van der Waals surface area (Å²) < 4.78 is 10.1. The number of carbonyl (C=O) groups is 3. The molecule has 0 spiro atoms. The third kappa shape index (κ3) is 11.6. The van der Waals surface area contributed by atoms with E-state index in [1.165, 1.54) is 0 Å². The van der Waals surface area contributed by atoms with Crippen molar-refractivity contribution in [3.8, 4) is 0 Å². The molecule has 0 aromatic rings. The van der Waals surface area contributed by atoms with Gasteiger partial charge in [-0.3, -0.25) is 4.79 Å². The van der Waals surface area contributed by atoms with Gasteiger partial charge in [0, 0.05) is 20.3 Å². The lowest BCUT2D eigenvalue weighted by atomic mass is 10.2. The molecule has 0 heterocycles. The first kappa shape index (κ1) is 19.1. The van der Waals surface area contributed by atoms with Gasteiger partial charge >= 0.3 is 12.0 Å². The Kier molecular flexibility index (Phi) is 10.9. The molecule has 3 amide bonds. The van der Waals surface area contributed by atoms with E-state index in [0.717, 1.165) is 6.42 Å². The standard InChI is InChI=1S/C12H23N3O6/c1-20-6-7-21-5-3-2-4-14-12(19)15-9(11(17)18)8-10(13)16/h9H,2-8H2,1H3,(H2,13,16)(H,17,18)(H2,14,15,19)/t9-/m1/s1. The highest BCUT2D eigenvalue weighted by Crippen LogP contribution is 1.92. The number of unbranched alkanes of at least 4 members (excludes halogenated alkanes) is 1. The largest absolute Gasteiger partial charge is 0.480 e. The second kappa shape index (κ2) is 11.9. The van der Waals surface area contributed by atoms with Crippen molar-refractivity contribution in [2.75, 3.05) is 33.5 Å². The first-order chi connectivity index (χ1) is 9.97. The van der Waals surface area contributed by atoms with Crippen molar-refractivity contribution in [1.82, 2.24) is 10.6 Å². The van der Waals surface area contributed by atoms with Crippen molar-refractivity contribution in [2.24, 2.45) is 5.73 Å². The molecule has 0 aliphatic rings. The van der Waals surface area contributed by atoms with E-state index in [-0.39, 0.29) is 0 Å². The molecular weight excluding hydrogens is 282 g/mol. The van der Waals surface area contributed by atoms with Crippen LogP contribution in [0.25, 0.3) is 0 Å². The number of carboxylic acid groups (broad SMARTS) is 1. The predicted octanol–water partition coefficient (Wildman–Crippen LogP) is -0.943. The Morgan fingerprint density at radius 3 is 2.48 bits per heavy atom. The highest BCUT2D eigenvalue weighted by molar-refractivity contribution is 5.87. The van der Waals surface area contributed by atoms with E-state index < -0.39 is 30.4 Å². The molecule has 9 heteroatoms. The molecule has 0 radical (unpaired) electrons. The molecule has 21 heavy (non-hydrogen) atoms. The second-order valence-electron chi connectivity index (χ2n) is 4.27. The van der Waals surface area contributed by atoms with Gasteiger partial charge in [0.15, 0.2) is 0 Å². The van der Waals surface area contributed by atoms with Gasteiger partial charge < -0.3 is 30.9 Å². The smallest absolute Gasteiger partial charge is 0.326 e.